The van der Waals surface area contributed by atoms with Crippen LogP contribution in [-0.4, -0.2) is 74.2 Å². The van der Waals surface area contributed by atoms with E-state index >= 15 is 0 Å². The summed E-state index contributed by atoms with van der Waals surface area (Å²) in [6.07, 6.45) is 1.49. The highest BCUT2D eigenvalue weighted by molar-refractivity contribution is 5.91. The van der Waals surface area contributed by atoms with Crippen molar-refractivity contribution in [3.8, 4) is 5.75 Å². The topological polar surface area (TPSA) is 122 Å². The number of piperazine rings is 1. The lowest BCUT2D eigenvalue weighted by Crippen LogP contribution is -2.51. The molecule has 3 aromatic heterocycles. The summed E-state index contributed by atoms with van der Waals surface area (Å²) in [7, 11) is 1.59. The van der Waals surface area contributed by atoms with Gasteiger partial charge in [0, 0.05) is 37.8 Å². The molecule has 1 aromatic carbocycles. The quantitative estimate of drug-likeness (QED) is 0.452. The van der Waals surface area contributed by atoms with Gasteiger partial charge in [0.15, 0.2) is 11.6 Å². The Labute approximate surface area is 207 Å². The number of hydrogen-bond donors (Lipinski definition) is 1. The SMILES string of the molecule is COc1ccc2cc([C@@H](c3nnnn3C(C)(C)C)N3CCN(C(=O)c4ccco4)CC3)c(=O)[nH]c2c1. The highest BCUT2D eigenvalue weighted by Crippen LogP contribution is 2.30. The lowest BCUT2D eigenvalue weighted by atomic mass is 10.0. The van der Waals surface area contributed by atoms with Crippen LogP contribution in [0.3, 0.4) is 0 Å². The maximum Gasteiger partial charge on any atom is 0.289 e. The van der Waals surface area contributed by atoms with Gasteiger partial charge in [-0.15, -0.1) is 5.10 Å². The van der Waals surface area contributed by atoms with Gasteiger partial charge in [-0.05, 0) is 66.9 Å². The molecule has 4 aromatic rings. The number of nitrogens with one attached hydrogen (secondary N) is 1. The van der Waals surface area contributed by atoms with Crippen molar-refractivity contribution in [1.29, 1.82) is 0 Å². The monoisotopic (exact) mass is 491 g/mol. The maximum atomic E-state index is 13.4. The first-order valence-electron chi connectivity index (χ1n) is 11.8. The van der Waals surface area contributed by atoms with Crippen LogP contribution in [0.1, 0.15) is 48.8 Å². The molecule has 36 heavy (non-hydrogen) atoms. The average Bonchev–Trinajstić information content (AvgIpc) is 3.57. The first-order chi connectivity index (χ1) is 17.3. The standard InChI is InChI=1S/C25H29N7O4/c1-25(2,3)32-22(27-28-29-32)21(18-14-16-7-8-17(35-4)15-19(16)26-23(18)33)30-9-11-31(12-10-30)24(34)20-6-5-13-36-20/h5-8,13-15,21H,9-12H2,1-4H3,(H,26,33)/t21-/m0/s1. The highest BCUT2D eigenvalue weighted by Gasteiger charge is 2.36. The smallest absolute Gasteiger partial charge is 0.289 e. The van der Waals surface area contributed by atoms with Gasteiger partial charge >= 0.3 is 0 Å². The Morgan fingerprint density at radius 2 is 1.92 bits per heavy atom. The molecular formula is C25H29N7O4. The molecule has 1 aliphatic heterocycles. The minimum Gasteiger partial charge on any atom is -0.497 e. The van der Waals surface area contributed by atoms with Gasteiger partial charge in [-0.3, -0.25) is 14.5 Å². The predicted molar refractivity (Wildman–Crippen MR) is 132 cm³/mol. The maximum absolute atomic E-state index is 13.4. The number of fused-ring (bicyclic) bond motifs is 1. The molecule has 1 atom stereocenters. The minimum absolute atomic E-state index is 0.145. The number of aromatic amines is 1. The van der Waals surface area contributed by atoms with Crippen molar-refractivity contribution in [2.45, 2.75) is 32.4 Å². The normalized spacial score (nSPS) is 15.8. The van der Waals surface area contributed by atoms with Gasteiger partial charge in [0.05, 0.1) is 24.4 Å². The van der Waals surface area contributed by atoms with Gasteiger partial charge in [0.2, 0.25) is 0 Å². The molecule has 11 heteroatoms. The van der Waals surface area contributed by atoms with Crippen LogP contribution < -0.4 is 10.3 Å². The van der Waals surface area contributed by atoms with Crippen LogP contribution in [0.15, 0.2) is 51.9 Å². The van der Waals surface area contributed by atoms with Crippen LogP contribution >= 0.6 is 0 Å². The second-order valence-corrected chi connectivity index (χ2v) is 9.83. The van der Waals surface area contributed by atoms with E-state index in [0.717, 1.165) is 5.39 Å². The fourth-order valence-corrected chi connectivity index (χ4v) is 4.61. The van der Waals surface area contributed by atoms with Crippen molar-refractivity contribution in [1.82, 2.24) is 35.0 Å². The summed E-state index contributed by atoms with van der Waals surface area (Å²) < 4.78 is 12.4. The van der Waals surface area contributed by atoms with Crippen molar-refractivity contribution >= 4 is 16.8 Å². The fraction of sp³-hybridized carbons (Fsp3) is 0.400. The summed E-state index contributed by atoms with van der Waals surface area (Å²) in [6, 6.07) is 10.3. The summed E-state index contributed by atoms with van der Waals surface area (Å²) in [6.45, 7) is 8.08. The molecule has 11 nitrogen and oxygen atoms in total. The lowest BCUT2D eigenvalue weighted by molar-refractivity contribution is 0.0555. The zero-order valence-electron chi connectivity index (χ0n) is 20.8. The van der Waals surface area contributed by atoms with Crippen LogP contribution in [0, 0.1) is 0 Å². The number of carbonyl (C=O) groups is 1. The molecule has 1 N–H and O–H groups in total. The molecular weight excluding hydrogens is 462 g/mol. The number of methoxy groups -OCH3 is 1. The Kier molecular flexibility index (Phi) is 6.09. The second-order valence-electron chi connectivity index (χ2n) is 9.83. The summed E-state index contributed by atoms with van der Waals surface area (Å²) in [5, 5.41) is 13.4. The number of hydrogen-bond acceptors (Lipinski definition) is 8. The molecule has 5 rings (SSSR count). The van der Waals surface area contributed by atoms with Gasteiger partial charge in [-0.1, -0.05) is 0 Å². The summed E-state index contributed by atoms with van der Waals surface area (Å²) in [5.41, 5.74) is 0.605. The van der Waals surface area contributed by atoms with Gasteiger partial charge in [0.1, 0.15) is 11.8 Å². The van der Waals surface area contributed by atoms with E-state index in [1.54, 1.807) is 34.9 Å². The molecule has 0 unspecified atom stereocenters. The molecule has 188 valence electrons. The average molecular weight is 492 g/mol. The zero-order valence-corrected chi connectivity index (χ0v) is 20.8. The van der Waals surface area contributed by atoms with Crippen molar-refractivity contribution in [3.05, 3.63) is 70.2 Å². The number of tetrazole rings is 1. The first-order valence-corrected chi connectivity index (χ1v) is 11.8. The molecule has 0 saturated carbocycles. The first kappa shape index (κ1) is 23.7. The van der Waals surface area contributed by atoms with E-state index in [-0.39, 0.29) is 11.5 Å². The van der Waals surface area contributed by atoms with Crippen LogP contribution in [0.25, 0.3) is 10.9 Å². The largest absolute Gasteiger partial charge is 0.497 e. The Morgan fingerprint density at radius 1 is 1.14 bits per heavy atom. The van der Waals surface area contributed by atoms with Gasteiger partial charge < -0.3 is 19.0 Å². The van der Waals surface area contributed by atoms with Crippen LogP contribution in [-0.2, 0) is 5.54 Å². The van der Waals surface area contributed by atoms with E-state index in [2.05, 4.69) is 25.4 Å². The molecule has 0 spiro atoms. The number of aromatic nitrogens is 5. The Bertz CT molecular complexity index is 1430. The van der Waals surface area contributed by atoms with Crippen molar-refractivity contribution in [3.63, 3.8) is 0 Å². The highest BCUT2D eigenvalue weighted by atomic mass is 16.5. The summed E-state index contributed by atoms with van der Waals surface area (Å²) in [5.74, 6) is 1.41. The van der Waals surface area contributed by atoms with E-state index in [1.165, 1.54) is 6.26 Å². The third-order valence-electron chi connectivity index (χ3n) is 6.45. The fourth-order valence-electron chi connectivity index (χ4n) is 4.61. The number of carbonyl (C=O) groups excluding carboxylic acids is 1. The molecule has 1 amide bonds. The third-order valence-corrected chi connectivity index (χ3v) is 6.45. The Hall–Kier alpha value is -3.99. The van der Waals surface area contributed by atoms with Crippen molar-refractivity contribution in [2.24, 2.45) is 0 Å². The number of pyridine rings is 1. The molecule has 4 heterocycles. The van der Waals surface area contributed by atoms with E-state index in [1.807, 2.05) is 39.0 Å². The molecule has 0 radical (unpaired) electrons. The Morgan fingerprint density at radius 3 is 2.58 bits per heavy atom. The van der Waals surface area contributed by atoms with E-state index in [9.17, 15) is 9.59 Å². The number of amides is 1. The van der Waals surface area contributed by atoms with Crippen LogP contribution in [0.5, 0.6) is 5.75 Å². The molecule has 1 saturated heterocycles. The third kappa shape index (κ3) is 4.37. The lowest BCUT2D eigenvalue weighted by Gasteiger charge is -2.39. The number of H-pyrrole nitrogens is 1. The number of ether oxygens (including phenoxy) is 1. The minimum atomic E-state index is -0.504. The number of benzene rings is 1. The summed E-state index contributed by atoms with van der Waals surface area (Å²) >= 11 is 0. The van der Waals surface area contributed by atoms with E-state index < -0.39 is 11.6 Å². The van der Waals surface area contributed by atoms with Crippen molar-refractivity contribution in [2.75, 3.05) is 33.3 Å². The van der Waals surface area contributed by atoms with E-state index in [4.69, 9.17) is 9.15 Å². The Balaban J connectivity index is 1.53. The molecule has 0 aliphatic carbocycles. The number of nitrogens with zero attached hydrogens (tertiary/aromatic N) is 6. The summed E-state index contributed by atoms with van der Waals surface area (Å²) in [4.78, 5) is 33.1. The van der Waals surface area contributed by atoms with Crippen LogP contribution in [0.4, 0.5) is 0 Å². The molecule has 0 bridgehead atoms. The van der Waals surface area contributed by atoms with Gasteiger partial charge in [0.25, 0.3) is 11.5 Å². The predicted octanol–water partition coefficient (Wildman–Crippen LogP) is 2.42. The van der Waals surface area contributed by atoms with Crippen LogP contribution in [0.2, 0.25) is 0 Å². The van der Waals surface area contributed by atoms with Gasteiger partial charge in [-0.2, -0.15) is 0 Å². The van der Waals surface area contributed by atoms with Gasteiger partial charge in [-0.25, -0.2) is 4.68 Å². The molecule has 1 fully saturated rings. The number of rotatable bonds is 5. The number of furan rings is 1. The second kappa shape index (κ2) is 9.23. The zero-order chi connectivity index (χ0) is 25.4. The van der Waals surface area contributed by atoms with Crippen molar-refractivity contribution < 1.29 is 13.9 Å². The molecule has 1 aliphatic rings. The van der Waals surface area contributed by atoms with E-state index in [0.29, 0.717) is 54.6 Å².